The molecular weight excluding hydrogens is 310 g/mol. The minimum atomic E-state index is -0.777. The monoisotopic (exact) mass is 329 g/mol. The number of thiophene rings is 1. The number of halogens is 1. The van der Waals surface area contributed by atoms with Gasteiger partial charge in [-0.15, -0.1) is 11.3 Å². The summed E-state index contributed by atoms with van der Waals surface area (Å²) in [5.41, 5.74) is 0. The van der Waals surface area contributed by atoms with Gasteiger partial charge in [-0.1, -0.05) is 18.0 Å². The third-order valence-electron chi connectivity index (χ3n) is 4.04. The molecule has 1 aliphatic rings. The highest BCUT2D eigenvalue weighted by Crippen LogP contribution is 2.31. The fourth-order valence-corrected chi connectivity index (χ4v) is 3.97. The van der Waals surface area contributed by atoms with Crippen molar-refractivity contribution in [2.24, 2.45) is 11.8 Å². The third kappa shape index (κ3) is 4.20. The molecule has 0 aromatic carbocycles. The summed E-state index contributed by atoms with van der Waals surface area (Å²) in [7, 11) is 0. The largest absolute Gasteiger partial charge is 0.481 e. The van der Waals surface area contributed by atoms with Gasteiger partial charge in [0.15, 0.2) is 0 Å². The number of hydrogen-bond donors (Lipinski definition) is 1. The molecule has 2 rings (SSSR count). The molecule has 6 heteroatoms. The van der Waals surface area contributed by atoms with Crippen molar-refractivity contribution in [1.82, 2.24) is 4.90 Å². The molecule has 4 nitrogen and oxygen atoms in total. The molecule has 0 aliphatic heterocycles. The van der Waals surface area contributed by atoms with Crippen LogP contribution in [-0.2, 0) is 16.1 Å². The fraction of sp³-hybridized carbons (Fsp3) is 0.600. The molecule has 1 aliphatic carbocycles. The van der Waals surface area contributed by atoms with E-state index in [1.807, 2.05) is 19.1 Å². The first-order chi connectivity index (χ1) is 10.0. The Bertz CT molecular complexity index is 517. The Labute approximate surface area is 133 Å². The van der Waals surface area contributed by atoms with E-state index in [-0.39, 0.29) is 17.7 Å². The van der Waals surface area contributed by atoms with E-state index in [1.54, 1.807) is 4.90 Å². The van der Waals surface area contributed by atoms with E-state index < -0.39 is 5.97 Å². The van der Waals surface area contributed by atoms with E-state index >= 15 is 0 Å². The molecular formula is C15H20ClNO3S. The van der Waals surface area contributed by atoms with Crippen LogP contribution in [0.5, 0.6) is 0 Å². The van der Waals surface area contributed by atoms with Crippen LogP contribution in [0.15, 0.2) is 12.1 Å². The average molecular weight is 330 g/mol. The number of nitrogens with zero attached hydrogens (tertiary/aromatic N) is 1. The molecule has 1 aromatic rings. The molecule has 116 valence electrons. The smallest absolute Gasteiger partial charge is 0.306 e. The zero-order valence-electron chi connectivity index (χ0n) is 12.0. The molecule has 0 saturated heterocycles. The molecule has 1 N–H and O–H groups in total. The zero-order chi connectivity index (χ0) is 15.4. The van der Waals surface area contributed by atoms with Crippen LogP contribution in [0, 0.1) is 11.8 Å². The molecule has 21 heavy (non-hydrogen) atoms. The van der Waals surface area contributed by atoms with Gasteiger partial charge in [0, 0.05) is 17.3 Å². The SMILES string of the molecule is CCN(Cc1ccc(Cl)s1)C(=O)C1CCCC(C(=O)O)C1. The van der Waals surface area contributed by atoms with Crippen molar-refractivity contribution in [3.63, 3.8) is 0 Å². The Morgan fingerprint density at radius 1 is 1.38 bits per heavy atom. The minimum Gasteiger partial charge on any atom is -0.481 e. The van der Waals surface area contributed by atoms with Gasteiger partial charge >= 0.3 is 5.97 Å². The van der Waals surface area contributed by atoms with E-state index in [1.165, 1.54) is 11.3 Å². The summed E-state index contributed by atoms with van der Waals surface area (Å²) in [4.78, 5) is 26.6. The van der Waals surface area contributed by atoms with Crippen molar-refractivity contribution >= 4 is 34.8 Å². The lowest BCUT2D eigenvalue weighted by Crippen LogP contribution is -2.38. The number of carbonyl (C=O) groups is 2. The first-order valence-electron chi connectivity index (χ1n) is 7.27. The van der Waals surface area contributed by atoms with E-state index in [0.717, 1.165) is 22.1 Å². The van der Waals surface area contributed by atoms with Crippen LogP contribution in [0.1, 0.15) is 37.5 Å². The maximum Gasteiger partial charge on any atom is 0.306 e. The summed E-state index contributed by atoms with van der Waals surface area (Å²) in [6.45, 7) is 3.13. The quantitative estimate of drug-likeness (QED) is 0.897. The van der Waals surface area contributed by atoms with Crippen LogP contribution in [0.2, 0.25) is 4.34 Å². The van der Waals surface area contributed by atoms with E-state index in [4.69, 9.17) is 16.7 Å². The van der Waals surface area contributed by atoms with Crippen LogP contribution >= 0.6 is 22.9 Å². The number of amides is 1. The topological polar surface area (TPSA) is 57.6 Å². The molecule has 0 spiro atoms. The Morgan fingerprint density at radius 2 is 2.10 bits per heavy atom. The van der Waals surface area contributed by atoms with Crippen molar-refractivity contribution in [2.75, 3.05) is 6.54 Å². The van der Waals surface area contributed by atoms with Gasteiger partial charge in [-0.2, -0.15) is 0 Å². The van der Waals surface area contributed by atoms with Crippen molar-refractivity contribution in [1.29, 1.82) is 0 Å². The lowest BCUT2D eigenvalue weighted by Gasteiger charge is -2.30. The number of aliphatic carboxylic acids is 1. The number of carboxylic acids is 1. The van der Waals surface area contributed by atoms with Crippen molar-refractivity contribution in [3.05, 3.63) is 21.3 Å². The zero-order valence-corrected chi connectivity index (χ0v) is 13.6. The maximum absolute atomic E-state index is 12.6. The Hall–Kier alpha value is -1.07. The van der Waals surface area contributed by atoms with E-state index in [0.29, 0.717) is 25.9 Å². The van der Waals surface area contributed by atoms with Crippen LogP contribution in [0.4, 0.5) is 0 Å². The second-order valence-electron chi connectivity index (χ2n) is 5.46. The molecule has 1 aromatic heterocycles. The first kappa shape index (κ1) is 16.3. The predicted octanol–water partition coefficient (Wildman–Crippen LogP) is 3.64. The number of hydrogen-bond acceptors (Lipinski definition) is 3. The van der Waals surface area contributed by atoms with Gasteiger partial charge in [0.05, 0.1) is 16.8 Å². The Morgan fingerprint density at radius 3 is 2.67 bits per heavy atom. The molecule has 0 bridgehead atoms. The van der Waals surface area contributed by atoms with Gasteiger partial charge in [-0.3, -0.25) is 9.59 Å². The predicted molar refractivity (Wildman–Crippen MR) is 83.5 cm³/mol. The summed E-state index contributed by atoms with van der Waals surface area (Å²) in [6.07, 6.45) is 2.77. The summed E-state index contributed by atoms with van der Waals surface area (Å²) in [5.74, 6) is -1.23. The second-order valence-corrected chi connectivity index (χ2v) is 7.26. The summed E-state index contributed by atoms with van der Waals surface area (Å²) in [5, 5.41) is 9.13. The van der Waals surface area contributed by atoms with Gasteiger partial charge in [-0.05, 0) is 38.3 Å². The normalized spacial score (nSPS) is 22.0. The molecule has 0 radical (unpaired) electrons. The van der Waals surface area contributed by atoms with Crippen molar-refractivity contribution < 1.29 is 14.7 Å². The van der Waals surface area contributed by atoms with Crippen molar-refractivity contribution in [2.45, 2.75) is 39.2 Å². The molecule has 1 heterocycles. The van der Waals surface area contributed by atoms with Gasteiger partial charge in [0.1, 0.15) is 0 Å². The summed E-state index contributed by atoms with van der Waals surface area (Å²) < 4.78 is 0.720. The molecule has 2 unspecified atom stereocenters. The van der Waals surface area contributed by atoms with Gasteiger partial charge in [0.2, 0.25) is 5.91 Å². The molecule has 1 saturated carbocycles. The van der Waals surface area contributed by atoms with Crippen LogP contribution < -0.4 is 0 Å². The number of carbonyl (C=O) groups excluding carboxylic acids is 1. The second kappa shape index (κ2) is 7.27. The highest BCUT2D eigenvalue weighted by Gasteiger charge is 2.33. The van der Waals surface area contributed by atoms with Gasteiger partial charge in [-0.25, -0.2) is 0 Å². The van der Waals surface area contributed by atoms with Gasteiger partial charge < -0.3 is 10.0 Å². The fourth-order valence-electron chi connectivity index (χ4n) is 2.87. The Kier molecular flexibility index (Phi) is 5.65. The third-order valence-corrected chi connectivity index (χ3v) is 5.26. The van der Waals surface area contributed by atoms with E-state index in [9.17, 15) is 9.59 Å². The standard InChI is InChI=1S/C15H20ClNO3S/c1-2-17(9-12-6-7-13(16)21-12)14(18)10-4-3-5-11(8-10)15(19)20/h6-7,10-11H,2-5,8-9H2,1H3,(H,19,20). The first-order valence-corrected chi connectivity index (χ1v) is 8.46. The number of rotatable bonds is 5. The Balaban J connectivity index is 2.00. The van der Waals surface area contributed by atoms with E-state index in [2.05, 4.69) is 0 Å². The average Bonchev–Trinajstić information content (AvgIpc) is 2.89. The number of carboxylic acid groups (broad SMARTS) is 1. The van der Waals surface area contributed by atoms with Crippen LogP contribution in [0.3, 0.4) is 0 Å². The van der Waals surface area contributed by atoms with Crippen LogP contribution in [-0.4, -0.2) is 28.4 Å². The molecule has 1 amide bonds. The highest BCUT2D eigenvalue weighted by molar-refractivity contribution is 7.16. The van der Waals surface area contributed by atoms with Gasteiger partial charge in [0.25, 0.3) is 0 Å². The minimum absolute atomic E-state index is 0.0768. The molecule has 2 atom stereocenters. The van der Waals surface area contributed by atoms with Crippen molar-refractivity contribution in [3.8, 4) is 0 Å². The lowest BCUT2D eigenvalue weighted by atomic mass is 9.80. The molecule has 1 fully saturated rings. The highest BCUT2D eigenvalue weighted by atomic mass is 35.5. The summed E-state index contributed by atoms with van der Waals surface area (Å²) in [6, 6.07) is 3.77. The lowest BCUT2D eigenvalue weighted by molar-refractivity contribution is -0.145. The maximum atomic E-state index is 12.6. The summed E-state index contributed by atoms with van der Waals surface area (Å²) >= 11 is 7.40. The van der Waals surface area contributed by atoms with Crippen LogP contribution in [0.25, 0.3) is 0 Å².